The van der Waals surface area contributed by atoms with E-state index in [0.29, 0.717) is 12.8 Å². The summed E-state index contributed by atoms with van der Waals surface area (Å²) in [5, 5.41) is 12.7. The Morgan fingerprint density at radius 2 is 2.07 bits per heavy atom. The molecule has 0 amide bonds. The van der Waals surface area contributed by atoms with Crippen molar-refractivity contribution >= 4 is 27.3 Å². The molecule has 2 unspecified atom stereocenters. The maximum absolute atomic E-state index is 10.7. The molecule has 0 radical (unpaired) electrons. The maximum atomic E-state index is 10.7. The van der Waals surface area contributed by atoms with Crippen molar-refractivity contribution in [3.63, 3.8) is 0 Å². The molecule has 2 atom stereocenters. The van der Waals surface area contributed by atoms with Crippen molar-refractivity contribution < 1.29 is 9.84 Å². The molecule has 2 rings (SSSR count). The number of hydrogen-bond acceptors (Lipinski definition) is 3. The molecule has 1 N–H and O–H groups in total. The predicted octanol–water partition coefficient (Wildman–Crippen LogP) is 3.29. The van der Waals surface area contributed by atoms with Crippen LogP contribution in [0.4, 0.5) is 0 Å². The first-order chi connectivity index (χ1) is 7.01. The Labute approximate surface area is 102 Å². The molecule has 0 aromatic carbocycles. The molecule has 1 aliphatic heterocycles. The fourth-order valence-corrected chi connectivity index (χ4v) is 4.20. The van der Waals surface area contributed by atoms with E-state index in [-0.39, 0.29) is 12.2 Å². The van der Waals surface area contributed by atoms with E-state index in [1.54, 1.807) is 11.3 Å². The van der Waals surface area contributed by atoms with Gasteiger partial charge in [-0.15, -0.1) is 11.3 Å². The topological polar surface area (TPSA) is 29.5 Å². The van der Waals surface area contributed by atoms with Crippen LogP contribution in [0.15, 0.2) is 15.9 Å². The Balaban J connectivity index is 2.29. The number of aliphatic hydroxyl groups is 1. The molecule has 0 saturated carbocycles. The molecule has 1 aromatic heterocycles. The molecule has 4 heteroatoms. The fourth-order valence-electron chi connectivity index (χ4n) is 2.34. The largest absolute Gasteiger partial charge is 0.384 e. The maximum Gasteiger partial charge on any atom is 0.105 e. The molecule has 1 aromatic rings. The molecule has 2 nitrogen and oxygen atoms in total. The van der Waals surface area contributed by atoms with E-state index in [2.05, 4.69) is 15.9 Å². The predicted molar refractivity (Wildman–Crippen MR) is 65.2 cm³/mol. The van der Waals surface area contributed by atoms with Gasteiger partial charge in [-0.1, -0.05) is 0 Å². The van der Waals surface area contributed by atoms with Crippen LogP contribution >= 0.6 is 27.3 Å². The van der Waals surface area contributed by atoms with Gasteiger partial charge in [0.05, 0.1) is 17.1 Å². The summed E-state index contributed by atoms with van der Waals surface area (Å²) in [5.74, 6) is 0. The first-order valence-corrected chi connectivity index (χ1v) is 6.80. The van der Waals surface area contributed by atoms with E-state index in [4.69, 9.17) is 4.74 Å². The minimum absolute atomic E-state index is 0.118. The van der Waals surface area contributed by atoms with Crippen molar-refractivity contribution in [2.75, 3.05) is 0 Å². The molecule has 0 aliphatic carbocycles. The van der Waals surface area contributed by atoms with Gasteiger partial charge in [0.2, 0.25) is 0 Å². The zero-order valence-corrected chi connectivity index (χ0v) is 11.3. The number of halogens is 1. The highest BCUT2D eigenvalue weighted by Crippen LogP contribution is 2.42. The Bertz CT molecular complexity index is 340. The van der Waals surface area contributed by atoms with Crippen molar-refractivity contribution in [3.8, 4) is 0 Å². The average Bonchev–Trinajstić information content (AvgIpc) is 2.48. The molecular weight excluding hydrogens is 276 g/mol. The highest BCUT2D eigenvalue weighted by molar-refractivity contribution is 9.10. The molecular formula is C11H15BrO2S. The summed E-state index contributed by atoms with van der Waals surface area (Å²) in [6.45, 7) is 4.03. The molecule has 15 heavy (non-hydrogen) atoms. The number of hydrogen-bond donors (Lipinski definition) is 1. The van der Waals surface area contributed by atoms with E-state index in [1.165, 1.54) is 0 Å². The summed E-state index contributed by atoms with van der Waals surface area (Å²) in [7, 11) is 0. The quantitative estimate of drug-likeness (QED) is 0.860. The fraction of sp³-hybridized carbons (Fsp3) is 0.636. The van der Waals surface area contributed by atoms with Crippen molar-refractivity contribution in [3.05, 3.63) is 20.8 Å². The molecule has 1 fully saturated rings. The Morgan fingerprint density at radius 3 is 2.53 bits per heavy atom. The van der Waals surface area contributed by atoms with E-state index in [1.807, 2.05) is 25.3 Å². The van der Waals surface area contributed by atoms with Crippen LogP contribution in [-0.2, 0) is 10.3 Å². The lowest BCUT2D eigenvalue weighted by Crippen LogP contribution is -2.40. The van der Waals surface area contributed by atoms with Gasteiger partial charge in [0.15, 0.2) is 0 Å². The van der Waals surface area contributed by atoms with Gasteiger partial charge in [0, 0.05) is 17.3 Å². The monoisotopic (exact) mass is 290 g/mol. The Kier molecular flexibility index (Phi) is 3.22. The van der Waals surface area contributed by atoms with Crippen LogP contribution in [0.1, 0.15) is 31.6 Å². The van der Waals surface area contributed by atoms with Gasteiger partial charge in [-0.25, -0.2) is 0 Å². The summed E-state index contributed by atoms with van der Waals surface area (Å²) in [5.41, 5.74) is -0.718. The molecule has 2 heterocycles. The molecule has 0 bridgehead atoms. The Morgan fingerprint density at radius 1 is 1.47 bits per heavy atom. The second kappa shape index (κ2) is 4.17. The highest BCUT2D eigenvalue weighted by atomic mass is 79.9. The second-order valence-corrected chi connectivity index (χ2v) is 6.07. The van der Waals surface area contributed by atoms with Crippen molar-refractivity contribution in [1.82, 2.24) is 0 Å². The lowest BCUT2D eigenvalue weighted by atomic mass is 9.86. The van der Waals surface area contributed by atoms with Crippen LogP contribution in [0.5, 0.6) is 0 Å². The SMILES string of the molecule is CC1CC(O)(c2sccc2Br)CC(C)O1. The number of ether oxygens (including phenoxy) is 1. The molecule has 84 valence electrons. The normalized spacial score (nSPS) is 36.8. The summed E-state index contributed by atoms with van der Waals surface area (Å²) >= 11 is 5.09. The van der Waals surface area contributed by atoms with Crippen LogP contribution in [0.3, 0.4) is 0 Å². The zero-order valence-electron chi connectivity index (χ0n) is 8.87. The summed E-state index contributed by atoms with van der Waals surface area (Å²) in [4.78, 5) is 1.03. The van der Waals surface area contributed by atoms with Gasteiger partial charge in [0.1, 0.15) is 5.60 Å². The first kappa shape index (κ1) is 11.6. The summed E-state index contributed by atoms with van der Waals surface area (Å²) in [6.07, 6.45) is 1.59. The van der Waals surface area contributed by atoms with Crippen LogP contribution in [0, 0.1) is 0 Å². The average molecular weight is 291 g/mol. The van der Waals surface area contributed by atoms with Crippen LogP contribution in [-0.4, -0.2) is 17.3 Å². The van der Waals surface area contributed by atoms with Crippen LogP contribution < -0.4 is 0 Å². The molecule has 1 saturated heterocycles. The number of rotatable bonds is 1. The highest BCUT2D eigenvalue weighted by Gasteiger charge is 2.40. The minimum Gasteiger partial charge on any atom is -0.384 e. The summed E-state index contributed by atoms with van der Waals surface area (Å²) < 4.78 is 6.66. The third-order valence-corrected chi connectivity index (χ3v) is 4.79. The molecule has 1 aliphatic rings. The van der Waals surface area contributed by atoms with Gasteiger partial charge in [-0.2, -0.15) is 0 Å². The van der Waals surface area contributed by atoms with Crippen LogP contribution in [0.2, 0.25) is 0 Å². The smallest absolute Gasteiger partial charge is 0.105 e. The second-order valence-electron chi connectivity index (χ2n) is 4.29. The van der Waals surface area contributed by atoms with Crippen molar-refractivity contribution in [2.45, 2.75) is 44.5 Å². The number of thiophene rings is 1. The minimum atomic E-state index is -0.718. The van der Waals surface area contributed by atoms with E-state index in [9.17, 15) is 5.11 Å². The van der Waals surface area contributed by atoms with Gasteiger partial charge >= 0.3 is 0 Å². The van der Waals surface area contributed by atoms with Crippen LogP contribution in [0.25, 0.3) is 0 Å². The van der Waals surface area contributed by atoms with Gasteiger partial charge in [0.25, 0.3) is 0 Å². The van der Waals surface area contributed by atoms with E-state index < -0.39 is 5.60 Å². The van der Waals surface area contributed by atoms with Crippen molar-refractivity contribution in [2.24, 2.45) is 0 Å². The standard InChI is InChI=1S/C11H15BrO2S/c1-7-5-11(13,6-8(2)14-7)10-9(12)3-4-15-10/h3-4,7-8,13H,5-6H2,1-2H3. The van der Waals surface area contributed by atoms with Gasteiger partial charge in [-0.05, 0) is 41.2 Å². The zero-order chi connectivity index (χ0) is 11.1. The van der Waals surface area contributed by atoms with E-state index >= 15 is 0 Å². The van der Waals surface area contributed by atoms with Gasteiger partial charge < -0.3 is 9.84 Å². The Hall–Kier alpha value is 0.1000. The third-order valence-electron chi connectivity index (χ3n) is 2.75. The van der Waals surface area contributed by atoms with Crippen molar-refractivity contribution in [1.29, 1.82) is 0 Å². The van der Waals surface area contributed by atoms with Gasteiger partial charge in [-0.3, -0.25) is 0 Å². The summed E-state index contributed by atoms with van der Waals surface area (Å²) in [6, 6.07) is 1.99. The third kappa shape index (κ3) is 2.28. The molecule has 0 spiro atoms. The lowest BCUT2D eigenvalue weighted by Gasteiger charge is -2.38. The first-order valence-electron chi connectivity index (χ1n) is 5.12. The lowest BCUT2D eigenvalue weighted by molar-refractivity contribution is -0.134. The van der Waals surface area contributed by atoms with E-state index in [0.717, 1.165) is 9.35 Å².